The second-order valence-electron chi connectivity index (χ2n) is 4.64. The number of carbonyl (C=O) groups is 1. The van der Waals surface area contributed by atoms with Crippen molar-refractivity contribution in [2.75, 3.05) is 26.2 Å². The Balaban J connectivity index is 2.33. The highest BCUT2D eigenvalue weighted by Gasteiger charge is 2.27. The third-order valence-corrected chi connectivity index (χ3v) is 3.23. The third kappa shape index (κ3) is 4.10. The van der Waals surface area contributed by atoms with Crippen LogP contribution in [-0.2, 0) is 4.79 Å². The molecule has 0 bridgehead atoms. The molecule has 1 aliphatic rings. The quantitative estimate of drug-likeness (QED) is 0.687. The zero-order valence-electron chi connectivity index (χ0n) is 10.4. The molecule has 1 saturated heterocycles. The first kappa shape index (κ1) is 13.5. The van der Waals surface area contributed by atoms with Crippen LogP contribution in [0.3, 0.4) is 0 Å². The number of carboxylic acid groups (broad SMARTS) is 1. The normalized spacial score (nSPS) is 23.5. The zero-order valence-corrected chi connectivity index (χ0v) is 10.4. The maximum absolute atomic E-state index is 11.0. The van der Waals surface area contributed by atoms with E-state index in [0.29, 0.717) is 5.92 Å². The number of rotatable bonds is 7. The molecule has 2 N–H and O–H groups in total. The van der Waals surface area contributed by atoms with Gasteiger partial charge in [-0.3, -0.25) is 4.79 Å². The van der Waals surface area contributed by atoms with Gasteiger partial charge in [0.2, 0.25) is 0 Å². The average molecular weight is 228 g/mol. The van der Waals surface area contributed by atoms with Gasteiger partial charge in [0.1, 0.15) is 6.04 Å². The van der Waals surface area contributed by atoms with Crippen LogP contribution in [0.15, 0.2) is 0 Å². The van der Waals surface area contributed by atoms with E-state index >= 15 is 0 Å². The second kappa shape index (κ2) is 6.86. The molecule has 4 heteroatoms. The van der Waals surface area contributed by atoms with Crippen LogP contribution in [0.25, 0.3) is 0 Å². The lowest BCUT2D eigenvalue weighted by molar-refractivity contribution is -0.139. The van der Waals surface area contributed by atoms with Crippen molar-refractivity contribution in [3.8, 4) is 0 Å². The van der Waals surface area contributed by atoms with Crippen LogP contribution < -0.4 is 5.32 Å². The summed E-state index contributed by atoms with van der Waals surface area (Å²) in [5, 5.41) is 12.1. The van der Waals surface area contributed by atoms with Crippen LogP contribution in [0, 0.1) is 5.92 Å². The minimum Gasteiger partial charge on any atom is -0.480 e. The largest absolute Gasteiger partial charge is 0.480 e. The molecule has 0 saturated carbocycles. The number of hydrogen-bond donors (Lipinski definition) is 2. The average Bonchev–Trinajstić information content (AvgIpc) is 2.65. The number of nitrogens with one attached hydrogen (secondary N) is 1. The topological polar surface area (TPSA) is 52.6 Å². The van der Waals surface area contributed by atoms with Gasteiger partial charge in [-0.15, -0.1) is 0 Å². The van der Waals surface area contributed by atoms with E-state index in [1.54, 1.807) is 0 Å². The van der Waals surface area contributed by atoms with E-state index in [0.717, 1.165) is 39.0 Å². The Morgan fingerprint density at radius 1 is 1.56 bits per heavy atom. The van der Waals surface area contributed by atoms with Gasteiger partial charge >= 0.3 is 5.97 Å². The number of likely N-dealkylation sites (N-methyl/N-ethyl adjacent to an activating group) is 1. The summed E-state index contributed by atoms with van der Waals surface area (Å²) >= 11 is 0. The van der Waals surface area contributed by atoms with E-state index in [9.17, 15) is 4.79 Å². The molecule has 0 radical (unpaired) electrons. The molecule has 1 fully saturated rings. The van der Waals surface area contributed by atoms with E-state index in [1.807, 2.05) is 6.92 Å². The Bertz CT molecular complexity index is 221. The summed E-state index contributed by atoms with van der Waals surface area (Å²) in [4.78, 5) is 13.4. The first-order valence-corrected chi connectivity index (χ1v) is 6.35. The SMILES string of the molecule is CCCN1CCC(CC(NCC)C(=O)O)C1. The lowest BCUT2D eigenvalue weighted by Crippen LogP contribution is -2.38. The molecule has 0 amide bonds. The lowest BCUT2D eigenvalue weighted by Gasteiger charge is -2.18. The molecule has 4 nitrogen and oxygen atoms in total. The molecule has 16 heavy (non-hydrogen) atoms. The molecule has 2 unspecified atom stereocenters. The molecule has 0 aromatic heterocycles. The van der Waals surface area contributed by atoms with Gasteiger partial charge in [0, 0.05) is 6.54 Å². The van der Waals surface area contributed by atoms with Gasteiger partial charge in [0.15, 0.2) is 0 Å². The number of likely N-dealkylation sites (tertiary alicyclic amines) is 1. The Kier molecular flexibility index (Phi) is 5.77. The fourth-order valence-electron chi connectivity index (χ4n) is 2.48. The van der Waals surface area contributed by atoms with E-state index in [4.69, 9.17) is 5.11 Å². The Morgan fingerprint density at radius 2 is 2.31 bits per heavy atom. The van der Waals surface area contributed by atoms with Gasteiger partial charge in [-0.1, -0.05) is 13.8 Å². The van der Waals surface area contributed by atoms with E-state index < -0.39 is 5.97 Å². The van der Waals surface area contributed by atoms with Crippen molar-refractivity contribution >= 4 is 5.97 Å². The summed E-state index contributed by atoms with van der Waals surface area (Å²) in [6, 6.07) is -0.364. The summed E-state index contributed by atoms with van der Waals surface area (Å²) in [5.74, 6) is -0.164. The van der Waals surface area contributed by atoms with Crippen molar-refractivity contribution in [1.29, 1.82) is 0 Å². The van der Waals surface area contributed by atoms with Crippen molar-refractivity contribution in [2.24, 2.45) is 5.92 Å². The number of nitrogens with zero attached hydrogens (tertiary/aromatic N) is 1. The lowest BCUT2D eigenvalue weighted by atomic mass is 9.99. The van der Waals surface area contributed by atoms with Crippen molar-refractivity contribution in [1.82, 2.24) is 10.2 Å². The molecule has 0 aliphatic carbocycles. The summed E-state index contributed by atoms with van der Waals surface area (Å²) in [6.07, 6.45) is 3.10. The molecular formula is C12H24N2O2. The van der Waals surface area contributed by atoms with Gasteiger partial charge < -0.3 is 15.3 Å². The van der Waals surface area contributed by atoms with Crippen molar-refractivity contribution < 1.29 is 9.90 Å². The molecule has 0 aromatic carbocycles. The molecule has 1 aliphatic heterocycles. The van der Waals surface area contributed by atoms with Crippen LogP contribution >= 0.6 is 0 Å². The molecule has 0 spiro atoms. The fourth-order valence-corrected chi connectivity index (χ4v) is 2.48. The maximum atomic E-state index is 11.0. The summed E-state index contributed by atoms with van der Waals surface area (Å²) in [5.41, 5.74) is 0. The first-order chi connectivity index (χ1) is 7.67. The van der Waals surface area contributed by atoms with Gasteiger partial charge in [0.25, 0.3) is 0 Å². The Morgan fingerprint density at radius 3 is 2.88 bits per heavy atom. The summed E-state index contributed by atoms with van der Waals surface area (Å²) in [6.45, 7) is 8.22. The minimum absolute atomic E-state index is 0.364. The zero-order chi connectivity index (χ0) is 12.0. The monoisotopic (exact) mass is 228 g/mol. The highest BCUT2D eigenvalue weighted by molar-refractivity contribution is 5.73. The first-order valence-electron chi connectivity index (χ1n) is 6.35. The van der Waals surface area contributed by atoms with E-state index in [2.05, 4.69) is 17.1 Å². The highest BCUT2D eigenvalue weighted by Crippen LogP contribution is 2.21. The number of hydrogen-bond acceptors (Lipinski definition) is 3. The van der Waals surface area contributed by atoms with Crippen LogP contribution in [-0.4, -0.2) is 48.2 Å². The van der Waals surface area contributed by atoms with Crippen LogP contribution in [0.5, 0.6) is 0 Å². The molecule has 0 aromatic rings. The predicted molar refractivity (Wildman–Crippen MR) is 64.6 cm³/mol. The van der Waals surface area contributed by atoms with Gasteiger partial charge in [-0.05, 0) is 44.8 Å². The molecule has 1 rings (SSSR count). The van der Waals surface area contributed by atoms with Crippen molar-refractivity contribution in [2.45, 2.75) is 39.2 Å². The standard InChI is InChI=1S/C12H24N2O2/c1-3-6-14-7-5-10(9-14)8-11(12(15)16)13-4-2/h10-11,13H,3-9H2,1-2H3,(H,15,16). The Hall–Kier alpha value is -0.610. The molecular weight excluding hydrogens is 204 g/mol. The van der Waals surface area contributed by atoms with Crippen LogP contribution in [0.4, 0.5) is 0 Å². The van der Waals surface area contributed by atoms with Crippen LogP contribution in [0.1, 0.15) is 33.1 Å². The van der Waals surface area contributed by atoms with Crippen molar-refractivity contribution in [3.05, 3.63) is 0 Å². The second-order valence-corrected chi connectivity index (χ2v) is 4.64. The van der Waals surface area contributed by atoms with Gasteiger partial charge in [-0.25, -0.2) is 0 Å². The number of aliphatic carboxylic acids is 1. The summed E-state index contributed by atoms with van der Waals surface area (Å²) in [7, 11) is 0. The summed E-state index contributed by atoms with van der Waals surface area (Å²) < 4.78 is 0. The van der Waals surface area contributed by atoms with Crippen LogP contribution in [0.2, 0.25) is 0 Å². The molecule has 1 heterocycles. The van der Waals surface area contributed by atoms with E-state index in [-0.39, 0.29) is 6.04 Å². The molecule has 2 atom stereocenters. The van der Waals surface area contributed by atoms with E-state index in [1.165, 1.54) is 6.42 Å². The van der Waals surface area contributed by atoms with Crippen molar-refractivity contribution in [3.63, 3.8) is 0 Å². The predicted octanol–water partition coefficient (Wildman–Crippen LogP) is 1.17. The number of carboxylic acids is 1. The Labute approximate surface area is 98.0 Å². The molecule has 94 valence electrons. The smallest absolute Gasteiger partial charge is 0.320 e. The van der Waals surface area contributed by atoms with Gasteiger partial charge in [0.05, 0.1) is 0 Å². The fraction of sp³-hybridized carbons (Fsp3) is 0.917. The van der Waals surface area contributed by atoms with Gasteiger partial charge in [-0.2, -0.15) is 0 Å². The highest BCUT2D eigenvalue weighted by atomic mass is 16.4. The maximum Gasteiger partial charge on any atom is 0.320 e. The minimum atomic E-state index is -0.712. The third-order valence-electron chi connectivity index (χ3n) is 3.23.